The Morgan fingerprint density at radius 3 is 2.46 bits per heavy atom. The normalized spacial score (nSPS) is 11.6. The van der Waals surface area contributed by atoms with E-state index in [0.29, 0.717) is 22.9 Å². The Bertz CT molecular complexity index is 1060. The fraction of sp³-hybridized carbons (Fsp3) is 0.111. The number of nitrogens with zero attached hydrogens (tertiary/aromatic N) is 2. The topological polar surface area (TPSA) is 42.3 Å². The van der Waals surface area contributed by atoms with Crippen LogP contribution in [0.3, 0.4) is 0 Å². The number of anilines is 1. The van der Waals surface area contributed by atoms with Gasteiger partial charge in [0.1, 0.15) is 0 Å². The molecule has 0 saturated carbocycles. The van der Waals surface area contributed by atoms with Gasteiger partial charge in [-0.25, -0.2) is 2.78 Å². The highest BCUT2D eigenvalue weighted by atomic mass is 127. The number of pyridine rings is 1. The molecule has 1 aromatic heterocycles. The van der Waals surface area contributed by atoms with Crippen molar-refractivity contribution in [3.63, 3.8) is 0 Å². The van der Waals surface area contributed by atoms with Crippen LogP contribution in [0, 0.1) is 0 Å². The van der Waals surface area contributed by atoms with E-state index >= 15 is 0 Å². The molecule has 4 nitrogen and oxygen atoms in total. The van der Waals surface area contributed by atoms with Gasteiger partial charge in [0.05, 0.1) is 39.5 Å². The first-order valence-electron chi connectivity index (χ1n) is 7.44. The highest BCUT2D eigenvalue weighted by Crippen LogP contribution is 2.37. The van der Waals surface area contributed by atoms with Crippen LogP contribution in [0.1, 0.15) is 5.56 Å². The SMILES string of the molecule is CN(C=O)c1ccc2cc(-c3ccccc3C(F)(F)F)n(I)c(=O)c2c1. The van der Waals surface area contributed by atoms with E-state index in [1.165, 1.54) is 23.1 Å². The van der Waals surface area contributed by atoms with Crippen molar-refractivity contribution in [1.82, 2.24) is 2.78 Å². The minimum absolute atomic E-state index is 0.0671. The minimum Gasteiger partial charge on any atom is -0.318 e. The molecule has 0 unspecified atom stereocenters. The highest BCUT2D eigenvalue weighted by molar-refractivity contribution is 14.1. The fourth-order valence-corrected chi connectivity index (χ4v) is 3.35. The van der Waals surface area contributed by atoms with E-state index in [2.05, 4.69) is 0 Å². The number of carbonyl (C=O) groups is 1. The van der Waals surface area contributed by atoms with Gasteiger partial charge in [-0.2, -0.15) is 13.2 Å². The van der Waals surface area contributed by atoms with Crippen LogP contribution >= 0.6 is 22.9 Å². The summed E-state index contributed by atoms with van der Waals surface area (Å²) in [6.07, 6.45) is -3.92. The van der Waals surface area contributed by atoms with Crippen LogP contribution in [0.15, 0.2) is 53.3 Å². The molecule has 2 aromatic carbocycles. The summed E-state index contributed by atoms with van der Waals surface area (Å²) in [4.78, 5) is 24.9. The van der Waals surface area contributed by atoms with E-state index in [1.807, 2.05) is 0 Å². The molecule has 0 N–H and O–H groups in total. The van der Waals surface area contributed by atoms with Crippen LogP contribution < -0.4 is 10.5 Å². The van der Waals surface area contributed by atoms with Gasteiger partial charge >= 0.3 is 6.18 Å². The largest absolute Gasteiger partial charge is 0.417 e. The third-order valence-electron chi connectivity index (χ3n) is 4.02. The summed E-state index contributed by atoms with van der Waals surface area (Å²) in [5.74, 6) is 0. The molecule has 1 heterocycles. The molecular formula is C18H12F3IN2O2. The highest BCUT2D eigenvalue weighted by Gasteiger charge is 2.34. The van der Waals surface area contributed by atoms with Gasteiger partial charge in [0.15, 0.2) is 0 Å². The van der Waals surface area contributed by atoms with Crippen LogP contribution in [0.5, 0.6) is 0 Å². The lowest BCUT2D eigenvalue weighted by molar-refractivity contribution is -0.137. The molecule has 0 bridgehead atoms. The van der Waals surface area contributed by atoms with Crippen molar-refractivity contribution in [2.24, 2.45) is 0 Å². The van der Waals surface area contributed by atoms with E-state index < -0.39 is 17.3 Å². The third kappa shape index (κ3) is 3.20. The molecule has 3 rings (SSSR count). The van der Waals surface area contributed by atoms with Crippen molar-refractivity contribution < 1.29 is 18.0 Å². The van der Waals surface area contributed by atoms with E-state index in [0.717, 1.165) is 8.85 Å². The first-order chi connectivity index (χ1) is 12.2. The second-order valence-electron chi connectivity index (χ2n) is 5.65. The number of amides is 1. The van der Waals surface area contributed by atoms with Crippen LogP contribution in [0.2, 0.25) is 0 Å². The average Bonchev–Trinajstić information content (AvgIpc) is 2.63. The minimum atomic E-state index is -4.53. The number of benzene rings is 2. The smallest absolute Gasteiger partial charge is 0.318 e. The van der Waals surface area contributed by atoms with E-state index in [1.54, 1.807) is 54.2 Å². The molecule has 134 valence electrons. The summed E-state index contributed by atoms with van der Waals surface area (Å²) in [5.41, 5.74) is -0.642. The number of fused-ring (bicyclic) bond motifs is 1. The molecule has 0 radical (unpaired) electrons. The second kappa shape index (κ2) is 6.75. The molecule has 0 spiro atoms. The van der Waals surface area contributed by atoms with Crippen molar-refractivity contribution in [1.29, 1.82) is 0 Å². The molecule has 0 aliphatic heterocycles. The second-order valence-corrected chi connectivity index (χ2v) is 6.61. The molecule has 0 fully saturated rings. The Morgan fingerprint density at radius 1 is 1.12 bits per heavy atom. The zero-order valence-electron chi connectivity index (χ0n) is 13.4. The lowest BCUT2D eigenvalue weighted by Gasteiger charge is -2.16. The summed E-state index contributed by atoms with van der Waals surface area (Å²) in [6.45, 7) is 0. The Morgan fingerprint density at radius 2 is 1.81 bits per heavy atom. The Balaban J connectivity index is 2.30. The molecule has 3 aromatic rings. The molecule has 26 heavy (non-hydrogen) atoms. The average molecular weight is 472 g/mol. The van der Waals surface area contributed by atoms with Crippen LogP contribution in [0.4, 0.5) is 18.9 Å². The number of hydrogen-bond donors (Lipinski definition) is 0. The monoisotopic (exact) mass is 472 g/mol. The number of hydrogen-bond acceptors (Lipinski definition) is 2. The molecule has 0 aliphatic carbocycles. The molecular weight excluding hydrogens is 460 g/mol. The van der Waals surface area contributed by atoms with Gasteiger partial charge in [-0.1, -0.05) is 24.3 Å². The van der Waals surface area contributed by atoms with Crippen molar-refractivity contribution in [3.05, 3.63) is 64.4 Å². The van der Waals surface area contributed by atoms with Gasteiger partial charge in [0, 0.05) is 18.3 Å². The Hall–Kier alpha value is -2.36. The summed E-state index contributed by atoms with van der Waals surface area (Å²) < 4.78 is 41.2. The molecule has 0 saturated heterocycles. The van der Waals surface area contributed by atoms with Crippen LogP contribution in [0.25, 0.3) is 22.0 Å². The van der Waals surface area contributed by atoms with Crippen LogP contribution in [-0.4, -0.2) is 16.2 Å². The van der Waals surface area contributed by atoms with Gasteiger partial charge in [0.25, 0.3) is 5.56 Å². The zero-order chi connectivity index (χ0) is 19.1. The lowest BCUT2D eigenvalue weighted by atomic mass is 10.0. The van der Waals surface area contributed by atoms with E-state index in [4.69, 9.17) is 0 Å². The predicted molar refractivity (Wildman–Crippen MR) is 103 cm³/mol. The van der Waals surface area contributed by atoms with Gasteiger partial charge in [-0.15, -0.1) is 0 Å². The van der Waals surface area contributed by atoms with Crippen molar-refractivity contribution in [2.45, 2.75) is 6.18 Å². The molecule has 0 atom stereocenters. The first-order valence-corrected chi connectivity index (χ1v) is 8.41. The maximum Gasteiger partial charge on any atom is 0.417 e. The summed E-state index contributed by atoms with van der Waals surface area (Å²) in [7, 11) is 1.55. The standard InChI is InChI=1S/C18H12F3IN2O2/c1-23(10-25)12-7-6-11-8-16(24(22)17(26)14(11)9-12)13-4-2-3-5-15(13)18(19,20)21/h2-10H,1H3. The van der Waals surface area contributed by atoms with Crippen molar-refractivity contribution in [3.8, 4) is 11.3 Å². The third-order valence-corrected chi connectivity index (χ3v) is 4.98. The van der Waals surface area contributed by atoms with Gasteiger partial charge < -0.3 is 4.90 Å². The summed E-state index contributed by atoms with van der Waals surface area (Å²) in [6, 6.07) is 11.5. The Kier molecular flexibility index (Phi) is 4.78. The lowest BCUT2D eigenvalue weighted by Crippen LogP contribution is -2.18. The van der Waals surface area contributed by atoms with Gasteiger partial charge in [-0.05, 0) is 29.7 Å². The molecule has 1 amide bonds. The predicted octanol–water partition coefficient (Wildman–Crippen LogP) is 4.48. The van der Waals surface area contributed by atoms with Crippen molar-refractivity contribution >= 4 is 45.7 Å². The van der Waals surface area contributed by atoms with E-state index in [9.17, 15) is 22.8 Å². The maximum absolute atomic E-state index is 13.3. The van der Waals surface area contributed by atoms with Crippen LogP contribution in [-0.2, 0) is 11.0 Å². The molecule has 8 heteroatoms. The number of halogens is 4. The quantitative estimate of drug-likeness (QED) is 0.417. The maximum atomic E-state index is 13.3. The number of aromatic nitrogens is 1. The number of rotatable bonds is 3. The number of carbonyl (C=O) groups excluding carboxylic acids is 1. The first kappa shape index (κ1) is 18.4. The fourth-order valence-electron chi connectivity index (χ4n) is 2.69. The zero-order valence-corrected chi connectivity index (χ0v) is 15.6. The van der Waals surface area contributed by atoms with Gasteiger partial charge in [-0.3, -0.25) is 9.59 Å². The molecule has 0 aliphatic rings. The van der Waals surface area contributed by atoms with E-state index in [-0.39, 0.29) is 11.3 Å². The van der Waals surface area contributed by atoms with Crippen molar-refractivity contribution in [2.75, 3.05) is 11.9 Å². The summed E-state index contributed by atoms with van der Waals surface area (Å²) in [5, 5.41) is 0.816. The Labute approximate surface area is 160 Å². The van der Waals surface area contributed by atoms with Gasteiger partial charge in [0.2, 0.25) is 6.41 Å². The number of alkyl halides is 3. The summed E-state index contributed by atoms with van der Waals surface area (Å²) >= 11 is 1.69.